The molecule has 2 heterocycles. The molecule has 0 saturated heterocycles. The molecule has 1 atom stereocenters. The Hall–Kier alpha value is -3.06. The number of anilines is 1. The second-order valence-corrected chi connectivity index (χ2v) is 8.08. The third-order valence-corrected chi connectivity index (χ3v) is 6.01. The van der Waals surface area contributed by atoms with Crippen LogP contribution in [-0.2, 0) is 19.8 Å². The summed E-state index contributed by atoms with van der Waals surface area (Å²) in [6.45, 7) is 2.02. The van der Waals surface area contributed by atoms with Crippen molar-refractivity contribution in [3.63, 3.8) is 0 Å². The van der Waals surface area contributed by atoms with Crippen molar-refractivity contribution < 1.29 is 0 Å². The lowest BCUT2D eigenvalue weighted by Crippen LogP contribution is -2.43. The number of nitrogens with zero attached hydrogens (tertiary/aromatic N) is 3. The van der Waals surface area contributed by atoms with Crippen molar-refractivity contribution in [2.75, 3.05) is 5.32 Å². The zero-order chi connectivity index (χ0) is 20.5. The first-order chi connectivity index (χ1) is 14.0. The molecule has 1 aliphatic heterocycles. The highest BCUT2D eigenvalue weighted by Gasteiger charge is 2.29. The lowest BCUT2D eigenvalue weighted by Gasteiger charge is -2.26. The van der Waals surface area contributed by atoms with Crippen LogP contribution in [0.25, 0.3) is 0 Å². The average molecular weight is 407 g/mol. The Labute approximate surface area is 172 Å². The summed E-state index contributed by atoms with van der Waals surface area (Å²) >= 11 is 1.55. The fourth-order valence-electron chi connectivity index (χ4n) is 3.37. The van der Waals surface area contributed by atoms with E-state index in [4.69, 9.17) is 4.99 Å². The van der Waals surface area contributed by atoms with E-state index in [-0.39, 0.29) is 11.2 Å². The van der Waals surface area contributed by atoms with Crippen molar-refractivity contribution in [1.29, 1.82) is 0 Å². The molecule has 7 heteroatoms. The predicted octanol–water partition coefficient (Wildman–Crippen LogP) is 3.20. The number of aryl methyl sites for hydroxylation is 1. The maximum Gasteiger partial charge on any atom is 0.332 e. The molecular formula is C22H22N4O2S. The van der Waals surface area contributed by atoms with E-state index in [0.29, 0.717) is 16.5 Å². The smallest absolute Gasteiger partial charge is 0.320 e. The van der Waals surface area contributed by atoms with Crippen molar-refractivity contribution in [1.82, 2.24) is 9.13 Å². The van der Waals surface area contributed by atoms with E-state index >= 15 is 0 Å². The van der Waals surface area contributed by atoms with Crippen molar-refractivity contribution in [3.8, 4) is 0 Å². The summed E-state index contributed by atoms with van der Waals surface area (Å²) in [6, 6.07) is 17.7. The van der Waals surface area contributed by atoms with Crippen LogP contribution in [0.15, 0.2) is 69.2 Å². The van der Waals surface area contributed by atoms with Gasteiger partial charge >= 0.3 is 5.69 Å². The Bertz CT molecular complexity index is 1190. The van der Waals surface area contributed by atoms with E-state index in [1.807, 2.05) is 49.4 Å². The van der Waals surface area contributed by atoms with E-state index in [9.17, 15) is 9.59 Å². The lowest BCUT2D eigenvalue weighted by molar-refractivity contribution is 0.659. The molecule has 148 valence electrons. The minimum Gasteiger partial charge on any atom is -0.320 e. The van der Waals surface area contributed by atoms with Gasteiger partial charge in [0.1, 0.15) is 11.9 Å². The van der Waals surface area contributed by atoms with Crippen LogP contribution in [0.4, 0.5) is 5.82 Å². The number of nitrogens with one attached hydrogen (secondary N) is 1. The molecule has 1 unspecified atom stereocenters. The third kappa shape index (κ3) is 3.65. The summed E-state index contributed by atoms with van der Waals surface area (Å²) < 4.78 is 2.62. The molecule has 6 nitrogen and oxygen atoms in total. The fourth-order valence-corrected chi connectivity index (χ4v) is 4.22. The van der Waals surface area contributed by atoms with Crippen molar-refractivity contribution in [3.05, 3.63) is 97.7 Å². The molecule has 0 amide bonds. The Kier molecular flexibility index (Phi) is 5.15. The second kappa shape index (κ2) is 7.75. The molecule has 4 rings (SSSR count). The number of hydrogen-bond donors (Lipinski definition) is 1. The van der Waals surface area contributed by atoms with Gasteiger partial charge < -0.3 is 5.32 Å². The molecule has 2 aromatic carbocycles. The molecule has 0 aliphatic carbocycles. The Balaban J connectivity index is 1.80. The summed E-state index contributed by atoms with van der Waals surface area (Å²) in [5, 5.41) is 3.91. The molecule has 1 aliphatic rings. The SMILES string of the molecule is Cc1ccc(C2N=C(SCc3ccccc3)Nc3c2c(=O)n(C)c(=O)n3C)cc1. The molecule has 0 fully saturated rings. The van der Waals surface area contributed by atoms with Gasteiger partial charge in [-0.3, -0.25) is 13.9 Å². The number of rotatable bonds is 3. The maximum atomic E-state index is 13.0. The molecule has 29 heavy (non-hydrogen) atoms. The van der Waals surface area contributed by atoms with E-state index in [0.717, 1.165) is 21.4 Å². The second-order valence-electron chi connectivity index (χ2n) is 7.11. The van der Waals surface area contributed by atoms with Gasteiger partial charge in [-0.15, -0.1) is 0 Å². The number of thioether (sulfide) groups is 1. The molecule has 3 aromatic rings. The molecule has 0 bridgehead atoms. The first kappa shape index (κ1) is 19.3. The molecule has 0 saturated carbocycles. The van der Waals surface area contributed by atoms with Gasteiger partial charge in [-0.1, -0.05) is 71.9 Å². The number of hydrogen-bond acceptors (Lipinski definition) is 5. The fraction of sp³-hybridized carbons (Fsp3) is 0.227. The van der Waals surface area contributed by atoms with Gasteiger partial charge in [0.25, 0.3) is 5.56 Å². The third-order valence-electron chi connectivity index (χ3n) is 5.06. The van der Waals surface area contributed by atoms with Crippen LogP contribution in [-0.4, -0.2) is 14.3 Å². The largest absolute Gasteiger partial charge is 0.332 e. The van der Waals surface area contributed by atoms with E-state index < -0.39 is 6.04 Å². The van der Waals surface area contributed by atoms with E-state index in [2.05, 4.69) is 17.4 Å². The topological polar surface area (TPSA) is 68.4 Å². The Morgan fingerprint density at radius 2 is 1.69 bits per heavy atom. The number of aromatic nitrogens is 2. The zero-order valence-corrected chi connectivity index (χ0v) is 17.4. The van der Waals surface area contributed by atoms with Crippen molar-refractivity contribution >= 4 is 22.7 Å². The molecule has 0 spiro atoms. The molecule has 0 radical (unpaired) electrons. The summed E-state index contributed by atoms with van der Waals surface area (Å²) in [4.78, 5) is 30.3. The first-order valence-electron chi connectivity index (χ1n) is 9.33. The van der Waals surface area contributed by atoms with Crippen LogP contribution < -0.4 is 16.6 Å². The van der Waals surface area contributed by atoms with Gasteiger partial charge in [0.2, 0.25) is 0 Å². The summed E-state index contributed by atoms with van der Waals surface area (Å²) in [7, 11) is 3.17. The number of amidine groups is 1. The quantitative estimate of drug-likeness (QED) is 0.725. The van der Waals surface area contributed by atoms with Crippen LogP contribution in [0.1, 0.15) is 28.3 Å². The van der Waals surface area contributed by atoms with E-state index in [1.54, 1.807) is 18.8 Å². The van der Waals surface area contributed by atoms with Gasteiger partial charge in [-0.05, 0) is 18.1 Å². The van der Waals surface area contributed by atoms with Crippen LogP contribution >= 0.6 is 11.8 Å². The first-order valence-corrected chi connectivity index (χ1v) is 10.3. The van der Waals surface area contributed by atoms with Crippen molar-refractivity contribution in [2.45, 2.75) is 18.7 Å². The predicted molar refractivity (Wildman–Crippen MR) is 119 cm³/mol. The van der Waals surface area contributed by atoms with Crippen LogP contribution in [0.3, 0.4) is 0 Å². The normalized spacial score (nSPS) is 15.4. The maximum absolute atomic E-state index is 13.0. The van der Waals surface area contributed by atoms with E-state index in [1.165, 1.54) is 17.2 Å². The number of fused-ring (bicyclic) bond motifs is 1. The van der Waals surface area contributed by atoms with Gasteiger partial charge in [0.05, 0.1) is 5.56 Å². The highest BCUT2D eigenvalue weighted by molar-refractivity contribution is 8.13. The average Bonchev–Trinajstić information content (AvgIpc) is 2.75. The molecule has 1 N–H and O–H groups in total. The van der Waals surface area contributed by atoms with Crippen LogP contribution in [0, 0.1) is 6.92 Å². The number of aliphatic imine (C=N–C) groups is 1. The summed E-state index contributed by atoms with van der Waals surface area (Å²) in [5.41, 5.74) is 3.04. The minimum atomic E-state index is -0.462. The Morgan fingerprint density at radius 1 is 1.00 bits per heavy atom. The zero-order valence-electron chi connectivity index (χ0n) is 16.5. The summed E-state index contributed by atoms with van der Waals surface area (Å²) in [5.74, 6) is 1.25. The molecular weight excluding hydrogens is 384 g/mol. The lowest BCUT2D eigenvalue weighted by atomic mass is 9.98. The van der Waals surface area contributed by atoms with Crippen LogP contribution in [0.5, 0.6) is 0 Å². The monoisotopic (exact) mass is 406 g/mol. The summed E-state index contributed by atoms with van der Waals surface area (Å²) in [6.07, 6.45) is 0. The van der Waals surface area contributed by atoms with Crippen LogP contribution in [0.2, 0.25) is 0 Å². The number of benzene rings is 2. The van der Waals surface area contributed by atoms with Crippen molar-refractivity contribution in [2.24, 2.45) is 19.1 Å². The molecule has 1 aromatic heterocycles. The van der Waals surface area contributed by atoms with Gasteiger partial charge in [0, 0.05) is 19.8 Å². The van der Waals surface area contributed by atoms with Gasteiger partial charge in [0.15, 0.2) is 5.17 Å². The van der Waals surface area contributed by atoms with Gasteiger partial charge in [-0.2, -0.15) is 0 Å². The minimum absolute atomic E-state index is 0.322. The Morgan fingerprint density at radius 3 is 2.38 bits per heavy atom. The highest BCUT2D eigenvalue weighted by Crippen LogP contribution is 2.34. The highest BCUT2D eigenvalue weighted by atomic mass is 32.2. The van der Waals surface area contributed by atoms with Gasteiger partial charge in [-0.25, -0.2) is 9.79 Å². The standard InChI is InChI=1S/C22H22N4O2S/c1-14-9-11-16(12-10-14)18-17-19(25(2)22(28)26(3)20(17)27)24-21(23-18)29-13-15-7-5-4-6-8-15/h4-12,18H,13H2,1-3H3,(H,23,24).